The summed E-state index contributed by atoms with van der Waals surface area (Å²) in [7, 11) is 0. The molecule has 0 amide bonds. The molecule has 230 valence electrons. The van der Waals surface area contributed by atoms with Crippen molar-refractivity contribution in [2.45, 2.75) is 35.2 Å². The smallest absolute Gasteiger partial charge is 0.150 e. The van der Waals surface area contributed by atoms with Crippen LogP contribution in [0.4, 0.5) is 4.39 Å². The highest BCUT2D eigenvalue weighted by molar-refractivity contribution is 7.99. The molecule has 6 heteroatoms. The maximum Gasteiger partial charge on any atom is 0.150 e. The van der Waals surface area contributed by atoms with Gasteiger partial charge in [-0.15, -0.1) is 0 Å². The third-order valence-electron chi connectivity index (χ3n) is 10.2. The molecule has 0 fully saturated rings. The Balaban J connectivity index is 1.13. The van der Waals surface area contributed by atoms with Crippen molar-refractivity contribution in [3.63, 3.8) is 0 Å². The number of aromatic nitrogens is 4. The molecule has 9 aromatic rings. The molecule has 0 spiro atoms. The second-order valence-corrected chi connectivity index (χ2v) is 14.2. The fourth-order valence-corrected chi connectivity index (χ4v) is 9.31. The molecule has 4 aromatic heterocycles. The Hall–Kier alpha value is -5.46. The largest absolute Gasteiger partial charge is 0.299 e. The minimum absolute atomic E-state index is 0.183. The second-order valence-electron chi connectivity index (χ2n) is 13.2. The van der Waals surface area contributed by atoms with Crippen LogP contribution in [0, 0.1) is 0 Å². The zero-order valence-corrected chi connectivity index (χ0v) is 27.2. The molecule has 0 radical (unpaired) electrons. The van der Waals surface area contributed by atoms with Gasteiger partial charge < -0.3 is 0 Å². The van der Waals surface area contributed by atoms with Crippen LogP contribution in [0.5, 0.6) is 0 Å². The number of para-hydroxylation sites is 2. The lowest BCUT2D eigenvalue weighted by molar-refractivity contribution is 0.402. The normalized spacial score (nSPS) is 14.6. The highest BCUT2D eigenvalue weighted by atomic mass is 32.2. The molecule has 48 heavy (non-hydrogen) atoms. The van der Waals surface area contributed by atoms with E-state index in [1.54, 1.807) is 6.20 Å². The first kappa shape index (κ1) is 27.6. The lowest BCUT2D eigenvalue weighted by atomic mass is 9.78. The zero-order valence-electron chi connectivity index (χ0n) is 26.4. The summed E-state index contributed by atoms with van der Waals surface area (Å²) in [5.74, 6) is 0. The van der Waals surface area contributed by atoms with Crippen molar-refractivity contribution in [1.82, 2.24) is 18.9 Å². The minimum atomic E-state index is -1.32. The summed E-state index contributed by atoms with van der Waals surface area (Å²) >= 11 is 1.83. The molecule has 1 aliphatic heterocycles. The first-order valence-electron chi connectivity index (χ1n) is 16.2. The van der Waals surface area contributed by atoms with Crippen LogP contribution < -0.4 is 0 Å². The number of imidazole rings is 1. The lowest BCUT2D eigenvalue weighted by Gasteiger charge is -2.34. The molecular formula is C42H29FN4S. The van der Waals surface area contributed by atoms with E-state index in [9.17, 15) is 0 Å². The molecule has 0 saturated heterocycles. The van der Waals surface area contributed by atoms with Gasteiger partial charge >= 0.3 is 0 Å². The first-order chi connectivity index (χ1) is 23.5. The third-order valence-corrected chi connectivity index (χ3v) is 11.4. The van der Waals surface area contributed by atoms with Crippen LogP contribution in [0.25, 0.3) is 54.9 Å². The van der Waals surface area contributed by atoms with E-state index in [-0.39, 0.29) is 5.41 Å². The number of benzene rings is 5. The summed E-state index contributed by atoms with van der Waals surface area (Å²) < 4.78 is 21.0. The average Bonchev–Trinajstić information content (AvgIpc) is 3.75. The molecule has 4 nitrogen and oxygen atoms in total. The Morgan fingerprint density at radius 2 is 1.44 bits per heavy atom. The van der Waals surface area contributed by atoms with Gasteiger partial charge in [0.05, 0.1) is 11.0 Å². The average molecular weight is 641 g/mol. The maximum absolute atomic E-state index is 16.7. The standard InChI is InChI=1S/C42H29FN4S/c1-42(2)32-14-5-8-17-36(32)48-39-33(42)24-45-41-37(39)30-13-4-7-16-35(30)47(41)27-11-9-10-25(22-27)38(43)26-18-19-28-29-12-3-6-15-34(29)46-21-20-44-40(46)31(28)23-26/h3-24,38H,1-2H3. The van der Waals surface area contributed by atoms with E-state index >= 15 is 4.39 Å². The molecule has 5 heterocycles. The van der Waals surface area contributed by atoms with Crippen LogP contribution in [-0.2, 0) is 5.41 Å². The van der Waals surface area contributed by atoms with E-state index in [1.807, 2.05) is 72.7 Å². The summed E-state index contributed by atoms with van der Waals surface area (Å²) in [5, 5.41) is 5.41. The number of hydrogen-bond acceptors (Lipinski definition) is 3. The first-order valence-corrected chi connectivity index (χ1v) is 17.0. The van der Waals surface area contributed by atoms with Crippen LogP contribution in [-0.4, -0.2) is 18.9 Å². The number of nitrogens with zero attached hydrogens (tertiary/aromatic N) is 4. The van der Waals surface area contributed by atoms with E-state index in [0.717, 1.165) is 54.9 Å². The van der Waals surface area contributed by atoms with Crippen molar-refractivity contribution in [2.24, 2.45) is 0 Å². The van der Waals surface area contributed by atoms with E-state index < -0.39 is 6.17 Å². The Kier molecular flexibility index (Phi) is 5.77. The number of halogens is 1. The predicted molar refractivity (Wildman–Crippen MR) is 194 cm³/mol. The zero-order chi connectivity index (χ0) is 32.1. The molecule has 5 aromatic carbocycles. The summed E-state index contributed by atoms with van der Waals surface area (Å²) in [5.41, 5.74) is 8.30. The molecule has 1 unspecified atom stereocenters. The number of rotatable bonds is 3. The highest BCUT2D eigenvalue weighted by Gasteiger charge is 2.35. The molecule has 1 atom stereocenters. The van der Waals surface area contributed by atoms with Gasteiger partial charge in [-0.2, -0.15) is 0 Å². The third kappa shape index (κ3) is 3.78. The number of pyridine rings is 2. The van der Waals surface area contributed by atoms with E-state index in [4.69, 9.17) is 4.98 Å². The van der Waals surface area contributed by atoms with Crippen LogP contribution >= 0.6 is 11.8 Å². The van der Waals surface area contributed by atoms with Crippen molar-refractivity contribution in [3.05, 3.63) is 156 Å². The van der Waals surface area contributed by atoms with Gasteiger partial charge in [-0.25, -0.2) is 14.4 Å². The van der Waals surface area contributed by atoms with Crippen molar-refractivity contribution in [2.75, 3.05) is 0 Å². The molecule has 10 rings (SSSR count). The monoisotopic (exact) mass is 640 g/mol. The Labute approximate surface area is 280 Å². The van der Waals surface area contributed by atoms with Crippen LogP contribution in [0.3, 0.4) is 0 Å². The quantitative estimate of drug-likeness (QED) is 0.180. The fraction of sp³-hybridized carbons (Fsp3) is 0.0952. The molecule has 0 bridgehead atoms. The lowest BCUT2D eigenvalue weighted by Crippen LogP contribution is -2.24. The predicted octanol–water partition coefficient (Wildman–Crippen LogP) is 11.0. The van der Waals surface area contributed by atoms with E-state index in [1.165, 1.54) is 20.9 Å². The number of hydrogen-bond donors (Lipinski definition) is 0. The topological polar surface area (TPSA) is 35.1 Å². The number of alkyl halides is 1. The molecule has 0 aliphatic carbocycles. The van der Waals surface area contributed by atoms with Crippen LogP contribution in [0.1, 0.15) is 42.3 Å². The maximum atomic E-state index is 16.7. The molecular weight excluding hydrogens is 612 g/mol. The van der Waals surface area contributed by atoms with Gasteiger partial charge in [0.2, 0.25) is 0 Å². The second kappa shape index (κ2) is 10.0. The van der Waals surface area contributed by atoms with Crippen LogP contribution in [0.2, 0.25) is 0 Å². The van der Waals surface area contributed by atoms with Crippen molar-refractivity contribution in [1.29, 1.82) is 0 Å². The van der Waals surface area contributed by atoms with Gasteiger partial charge in [-0.1, -0.05) is 104 Å². The SMILES string of the molecule is CC1(C)c2ccccc2Sc2c1cnc1c2c2ccccc2n1-c1cccc(C(F)c2ccc3c4ccccc4n4ccnc4c3c2)c1. The van der Waals surface area contributed by atoms with Gasteiger partial charge in [-0.3, -0.25) is 8.97 Å². The Morgan fingerprint density at radius 3 is 2.33 bits per heavy atom. The number of fused-ring (bicyclic) bond motifs is 12. The Bertz CT molecular complexity index is 2770. The van der Waals surface area contributed by atoms with Crippen molar-refractivity contribution in [3.8, 4) is 5.69 Å². The van der Waals surface area contributed by atoms with Gasteiger partial charge in [0, 0.05) is 61.0 Å². The summed E-state index contributed by atoms with van der Waals surface area (Å²) in [6.07, 6.45) is 4.50. The molecule has 0 N–H and O–H groups in total. The molecule has 0 saturated carbocycles. The van der Waals surface area contributed by atoms with Gasteiger partial charge in [0.15, 0.2) is 6.17 Å². The Morgan fingerprint density at radius 1 is 0.667 bits per heavy atom. The summed E-state index contributed by atoms with van der Waals surface area (Å²) in [6, 6.07) is 39.2. The van der Waals surface area contributed by atoms with E-state index in [2.05, 4.69) is 94.5 Å². The summed E-state index contributed by atoms with van der Waals surface area (Å²) in [6.45, 7) is 4.57. The van der Waals surface area contributed by atoms with Crippen LogP contribution in [0.15, 0.2) is 144 Å². The molecule has 1 aliphatic rings. The summed E-state index contributed by atoms with van der Waals surface area (Å²) in [4.78, 5) is 12.3. The van der Waals surface area contributed by atoms with E-state index in [0.29, 0.717) is 11.1 Å². The van der Waals surface area contributed by atoms with Gasteiger partial charge in [0.25, 0.3) is 0 Å². The van der Waals surface area contributed by atoms with Gasteiger partial charge in [-0.05, 0) is 64.0 Å². The van der Waals surface area contributed by atoms with Crippen molar-refractivity contribution >= 4 is 61.0 Å². The van der Waals surface area contributed by atoms with Gasteiger partial charge in [0.1, 0.15) is 11.3 Å². The fourth-order valence-electron chi connectivity index (χ4n) is 7.79. The minimum Gasteiger partial charge on any atom is -0.299 e. The van der Waals surface area contributed by atoms with Crippen molar-refractivity contribution < 1.29 is 4.39 Å². The highest BCUT2D eigenvalue weighted by Crippen LogP contribution is 2.52.